The Morgan fingerprint density at radius 2 is 2.10 bits per heavy atom. The molecule has 3 aliphatic rings. The Kier molecular flexibility index (Phi) is 5.78. The molecule has 0 bridgehead atoms. The summed E-state index contributed by atoms with van der Waals surface area (Å²) in [7, 11) is 0. The van der Waals surface area contributed by atoms with Crippen molar-refractivity contribution in [2.24, 2.45) is 0 Å². The molecule has 3 N–H and O–H groups in total. The third kappa shape index (κ3) is 3.60. The van der Waals surface area contributed by atoms with Crippen molar-refractivity contribution in [3.05, 3.63) is 61.7 Å². The van der Waals surface area contributed by atoms with Gasteiger partial charge in [-0.1, -0.05) is 6.92 Å². The number of aryl methyl sites for hydroxylation is 1. The molecule has 0 saturated carbocycles. The lowest BCUT2D eigenvalue weighted by Crippen LogP contribution is -2.44. The quantitative estimate of drug-likeness (QED) is 0.338. The zero-order valence-corrected chi connectivity index (χ0v) is 21.8. The van der Waals surface area contributed by atoms with Crippen LogP contribution < -0.4 is 10.9 Å². The van der Waals surface area contributed by atoms with Crippen LogP contribution in [0.15, 0.2) is 16.9 Å². The number of rotatable bonds is 4. The van der Waals surface area contributed by atoms with Gasteiger partial charge in [0.25, 0.3) is 5.56 Å². The Morgan fingerprint density at radius 1 is 1.33 bits per heavy atom. The highest BCUT2D eigenvalue weighted by Crippen LogP contribution is 2.45. The second-order valence-electron chi connectivity index (χ2n) is 10.4. The van der Waals surface area contributed by atoms with E-state index in [9.17, 15) is 29.0 Å². The molecular weight excluding hydrogens is 509 g/mol. The Hall–Kier alpha value is -3.83. The van der Waals surface area contributed by atoms with E-state index in [4.69, 9.17) is 14.5 Å². The molecule has 3 aromatic rings. The molecule has 1 aromatic carbocycles. The predicted octanol–water partition coefficient (Wildman–Crippen LogP) is 2.62. The first-order valence-corrected chi connectivity index (χ1v) is 13.0. The number of esters is 1. The van der Waals surface area contributed by atoms with Gasteiger partial charge in [-0.15, -0.1) is 0 Å². The van der Waals surface area contributed by atoms with Crippen LogP contribution in [0.25, 0.3) is 22.3 Å². The molecule has 2 aliphatic heterocycles. The van der Waals surface area contributed by atoms with Crippen molar-refractivity contribution in [1.29, 1.82) is 0 Å². The van der Waals surface area contributed by atoms with E-state index >= 15 is 0 Å². The van der Waals surface area contributed by atoms with Gasteiger partial charge >= 0.3 is 12.1 Å². The van der Waals surface area contributed by atoms with Crippen molar-refractivity contribution >= 4 is 23.0 Å². The molecule has 0 radical (unpaired) electrons. The molecule has 6 rings (SSSR count). The van der Waals surface area contributed by atoms with E-state index in [0.717, 1.165) is 16.5 Å². The Balaban J connectivity index is 1.58. The molecule has 0 spiro atoms. The number of amides is 1. The molecule has 0 unspecified atom stereocenters. The number of hydrogen-bond acceptors (Lipinski definition) is 8. The second kappa shape index (κ2) is 8.85. The number of nitrogens with one attached hydrogen (secondary N) is 1. The number of aliphatic hydroxyl groups excluding tert-OH is 1. The van der Waals surface area contributed by atoms with Crippen molar-refractivity contribution in [3.63, 3.8) is 0 Å². The van der Waals surface area contributed by atoms with Gasteiger partial charge in [-0.3, -0.25) is 4.79 Å². The number of alkyl carbamates (subject to hydrolysis) is 1. The first kappa shape index (κ1) is 25.4. The molecule has 0 fully saturated rings. The van der Waals surface area contributed by atoms with Gasteiger partial charge in [-0.05, 0) is 55.9 Å². The number of cyclic esters (lactones) is 1. The van der Waals surface area contributed by atoms with Gasteiger partial charge in [0.15, 0.2) is 5.60 Å². The molecule has 204 valence electrons. The number of fused-ring (bicyclic) bond motifs is 5. The number of pyridine rings is 2. The van der Waals surface area contributed by atoms with Crippen LogP contribution in [0.1, 0.15) is 66.1 Å². The fourth-order valence-electron chi connectivity index (χ4n) is 6.10. The maximum Gasteiger partial charge on any atom is 0.407 e. The van der Waals surface area contributed by atoms with Gasteiger partial charge < -0.3 is 29.6 Å². The fraction of sp³-hybridized carbons (Fsp3) is 0.429. The molecule has 0 saturated heterocycles. The number of aromatic nitrogens is 2. The topological polar surface area (TPSA) is 140 Å². The van der Waals surface area contributed by atoms with Gasteiger partial charge in [-0.2, -0.15) is 0 Å². The smallest absolute Gasteiger partial charge is 0.407 e. The average molecular weight is 538 g/mol. The molecule has 2 aromatic heterocycles. The van der Waals surface area contributed by atoms with E-state index in [1.165, 1.54) is 10.6 Å². The van der Waals surface area contributed by atoms with Gasteiger partial charge in [0, 0.05) is 22.6 Å². The summed E-state index contributed by atoms with van der Waals surface area (Å²) in [4.78, 5) is 43.6. The maximum atomic E-state index is 15.0. The summed E-state index contributed by atoms with van der Waals surface area (Å²) in [6.45, 7) is 4.48. The summed E-state index contributed by atoms with van der Waals surface area (Å²) in [5, 5.41) is 24.1. The summed E-state index contributed by atoms with van der Waals surface area (Å²) in [5.74, 6) is -1.22. The Morgan fingerprint density at radius 3 is 2.82 bits per heavy atom. The minimum atomic E-state index is -1.97. The highest BCUT2D eigenvalue weighted by Gasteiger charge is 2.46. The second-order valence-corrected chi connectivity index (χ2v) is 10.4. The number of halogens is 1. The fourth-order valence-corrected chi connectivity index (χ4v) is 6.10. The van der Waals surface area contributed by atoms with Crippen molar-refractivity contribution in [3.8, 4) is 11.4 Å². The van der Waals surface area contributed by atoms with Crippen molar-refractivity contribution in [2.45, 2.75) is 70.9 Å². The largest absolute Gasteiger partial charge is 0.458 e. The maximum absolute atomic E-state index is 15.0. The van der Waals surface area contributed by atoms with Crippen LogP contribution in [0.2, 0.25) is 0 Å². The van der Waals surface area contributed by atoms with Crippen LogP contribution in [0, 0.1) is 12.7 Å². The number of ether oxygens (including phenoxy) is 2. The first-order valence-electron chi connectivity index (χ1n) is 13.0. The average Bonchev–Trinajstić information content (AvgIpc) is 3.28. The monoisotopic (exact) mass is 537 g/mol. The summed E-state index contributed by atoms with van der Waals surface area (Å²) < 4.78 is 26.9. The number of carbonyl (C=O) groups is 2. The molecule has 1 aliphatic carbocycles. The molecule has 39 heavy (non-hydrogen) atoms. The van der Waals surface area contributed by atoms with Gasteiger partial charge in [0.1, 0.15) is 18.5 Å². The zero-order valence-electron chi connectivity index (χ0n) is 21.8. The normalized spacial score (nSPS) is 21.6. The lowest BCUT2D eigenvalue weighted by atomic mass is 9.81. The predicted molar refractivity (Wildman–Crippen MR) is 136 cm³/mol. The summed E-state index contributed by atoms with van der Waals surface area (Å²) in [6, 6.07) is 2.44. The molecule has 11 heteroatoms. The van der Waals surface area contributed by atoms with Gasteiger partial charge in [0.2, 0.25) is 0 Å². The van der Waals surface area contributed by atoms with Crippen molar-refractivity contribution in [1.82, 2.24) is 14.9 Å². The van der Waals surface area contributed by atoms with Crippen LogP contribution in [-0.2, 0) is 39.4 Å². The van der Waals surface area contributed by atoms with E-state index in [-0.39, 0.29) is 37.3 Å². The summed E-state index contributed by atoms with van der Waals surface area (Å²) >= 11 is 0. The number of nitrogens with zero attached hydrogens (tertiary/aromatic N) is 2. The standard InChI is InChI=1S/C28H28FN3O7/c1-4-28(37)17-7-21-24-15(9-32(21)25(34)16(17)11-38-26(28)35)23-19(31-27(36)39-12(2)10-33)6-5-14-13(3)18(29)8-20(30-24)22(14)23/h7-8,12,19,33,37H,4-6,9-11H2,1-3H3,(H,31,36)/t12-,19+,28+/m1/s1. The molecule has 10 nitrogen and oxygen atoms in total. The molecule has 4 heterocycles. The molecular formula is C28H28FN3O7. The van der Waals surface area contributed by atoms with Crippen LogP contribution in [0.5, 0.6) is 0 Å². The van der Waals surface area contributed by atoms with E-state index in [0.29, 0.717) is 40.9 Å². The third-order valence-corrected chi connectivity index (χ3v) is 8.24. The summed E-state index contributed by atoms with van der Waals surface area (Å²) in [6.07, 6.45) is -0.422. The number of hydrogen-bond donors (Lipinski definition) is 3. The minimum Gasteiger partial charge on any atom is -0.458 e. The van der Waals surface area contributed by atoms with E-state index in [1.54, 1.807) is 26.8 Å². The van der Waals surface area contributed by atoms with Crippen LogP contribution in [-0.4, -0.2) is 44.5 Å². The highest BCUT2D eigenvalue weighted by molar-refractivity contribution is 5.93. The minimum absolute atomic E-state index is 0.0131. The third-order valence-electron chi connectivity index (χ3n) is 8.24. The van der Waals surface area contributed by atoms with E-state index < -0.39 is 41.2 Å². The number of carbonyl (C=O) groups excluding carboxylic acids is 2. The Bertz CT molecular complexity index is 1650. The zero-order chi connectivity index (χ0) is 27.8. The van der Waals surface area contributed by atoms with Crippen LogP contribution in [0.4, 0.5) is 9.18 Å². The SMILES string of the molecule is CC[C@@]1(O)C(=O)OCc2c1cc1n(c2=O)Cc2c-1nc1cc(F)c(C)c3c1c2[C@@H](NC(=O)O[C@H](C)CO)CC3. The van der Waals surface area contributed by atoms with Crippen molar-refractivity contribution < 1.29 is 33.7 Å². The van der Waals surface area contributed by atoms with E-state index in [2.05, 4.69) is 5.32 Å². The first-order chi connectivity index (χ1) is 18.6. The lowest BCUT2D eigenvalue weighted by molar-refractivity contribution is -0.172. The van der Waals surface area contributed by atoms with Crippen LogP contribution >= 0.6 is 0 Å². The Labute approximate surface area is 222 Å². The summed E-state index contributed by atoms with van der Waals surface area (Å²) in [5.41, 5.74) is 1.95. The number of aliphatic hydroxyl groups is 2. The van der Waals surface area contributed by atoms with Crippen LogP contribution in [0.3, 0.4) is 0 Å². The van der Waals surface area contributed by atoms with Crippen molar-refractivity contribution in [2.75, 3.05) is 6.61 Å². The van der Waals surface area contributed by atoms with Gasteiger partial charge in [0.05, 0.1) is 41.7 Å². The molecule has 3 atom stereocenters. The highest BCUT2D eigenvalue weighted by atomic mass is 19.1. The lowest BCUT2D eigenvalue weighted by Gasteiger charge is -2.31. The van der Waals surface area contributed by atoms with Gasteiger partial charge in [-0.25, -0.2) is 19.0 Å². The molecule has 1 amide bonds. The van der Waals surface area contributed by atoms with E-state index in [1.807, 2.05) is 0 Å². The number of benzene rings is 1.